The summed E-state index contributed by atoms with van der Waals surface area (Å²) in [6, 6.07) is 14.4. The number of carbonyl (C=O) groups excluding carboxylic acids is 1. The van der Waals surface area contributed by atoms with Crippen LogP contribution in [0.5, 0.6) is 0 Å². The predicted octanol–water partition coefficient (Wildman–Crippen LogP) is 3.67. The van der Waals surface area contributed by atoms with Crippen molar-refractivity contribution in [2.75, 3.05) is 19.5 Å². The summed E-state index contributed by atoms with van der Waals surface area (Å²) < 4.78 is 6.81. The summed E-state index contributed by atoms with van der Waals surface area (Å²) in [4.78, 5) is 30.0. The van der Waals surface area contributed by atoms with Gasteiger partial charge in [-0.05, 0) is 30.7 Å². The van der Waals surface area contributed by atoms with Crippen molar-refractivity contribution in [2.24, 2.45) is 0 Å². The van der Waals surface area contributed by atoms with Gasteiger partial charge in [-0.15, -0.1) is 0 Å². The largest absolute Gasteiger partial charge is 0.383 e. The number of methoxy groups -OCH3 is 1. The van der Waals surface area contributed by atoms with Crippen LogP contribution >= 0.6 is 23.4 Å². The summed E-state index contributed by atoms with van der Waals surface area (Å²) in [7, 11) is 1.59. The Balaban J connectivity index is 1.78. The molecular weight excluding hydrogens is 410 g/mol. The molecule has 0 aliphatic carbocycles. The van der Waals surface area contributed by atoms with Gasteiger partial charge in [0.25, 0.3) is 5.56 Å². The molecule has 1 aromatic heterocycles. The van der Waals surface area contributed by atoms with Crippen molar-refractivity contribution >= 4 is 40.2 Å². The number of fused-ring (bicyclic) bond motifs is 1. The average molecular weight is 432 g/mol. The van der Waals surface area contributed by atoms with Crippen LogP contribution in [0.2, 0.25) is 5.02 Å². The molecule has 6 nitrogen and oxygen atoms in total. The van der Waals surface area contributed by atoms with Crippen LogP contribution in [0.3, 0.4) is 0 Å². The molecule has 0 aliphatic heterocycles. The molecule has 0 fully saturated rings. The van der Waals surface area contributed by atoms with Gasteiger partial charge in [-0.3, -0.25) is 14.2 Å². The molecule has 0 unspecified atom stereocenters. The van der Waals surface area contributed by atoms with E-state index in [2.05, 4.69) is 10.3 Å². The Hall–Kier alpha value is -2.35. The standard InChI is InChI=1S/C21H22ClN3O3S/c1-14(12-28-2)25-20(27)16-8-4-6-10-18(16)24-21(25)29-13-19(26)23-11-15-7-3-5-9-17(15)22/h3-10,14H,11-13H2,1-2H3,(H,23,26)/t14-/m0/s1. The molecule has 29 heavy (non-hydrogen) atoms. The van der Waals surface area contributed by atoms with Crippen LogP contribution in [0.15, 0.2) is 58.5 Å². The molecule has 1 heterocycles. The number of benzene rings is 2. The van der Waals surface area contributed by atoms with E-state index < -0.39 is 0 Å². The average Bonchev–Trinajstić information content (AvgIpc) is 2.72. The number of hydrogen-bond donors (Lipinski definition) is 1. The highest BCUT2D eigenvalue weighted by atomic mass is 35.5. The number of para-hydroxylation sites is 1. The molecule has 3 rings (SSSR count). The minimum absolute atomic E-state index is 0.134. The first-order chi connectivity index (χ1) is 14.0. The first kappa shape index (κ1) is 21.4. The highest BCUT2D eigenvalue weighted by molar-refractivity contribution is 7.99. The van der Waals surface area contributed by atoms with Gasteiger partial charge in [-0.1, -0.05) is 53.7 Å². The zero-order valence-corrected chi connectivity index (χ0v) is 17.8. The van der Waals surface area contributed by atoms with Gasteiger partial charge in [-0.25, -0.2) is 4.98 Å². The van der Waals surface area contributed by atoms with E-state index in [-0.39, 0.29) is 23.3 Å². The van der Waals surface area contributed by atoms with Gasteiger partial charge in [-0.2, -0.15) is 0 Å². The lowest BCUT2D eigenvalue weighted by Crippen LogP contribution is -2.29. The van der Waals surface area contributed by atoms with Crippen molar-refractivity contribution < 1.29 is 9.53 Å². The molecule has 1 amide bonds. The van der Waals surface area contributed by atoms with E-state index in [1.165, 1.54) is 11.8 Å². The van der Waals surface area contributed by atoms with Crippen molar-refractivity contribution in [1.82, 2.24) is 14.9 Å². The van der Waals surface area contributed by atoms with Crippen LogP contribution in [-0.4, -0.2) is 34.9 Å². The minimum atomic E-state index is -0.210. The molecule has 1 atom stereocenters. The maximum Gasteiger partial charge on any atom is 0.262 e. The molecule has 1 N–H and O–H groups in total. The van der Waals surface area contributed by atoms with Crippen molar-refractivity contribution in [3.8, 4) is 0 Å². The normalized spacial score (nSPS) is 12.1. The van der Waals surface area contributed by atoms with Gasteiger partial charge in [0.1, 0.15) is 0 Å². The molecule has 0 radical (unpaired) electrons. The van der Waals surface area contributed by atoms with Gasteiger partial charge < -0.3 is 10.1 Å². The van der Waals surface area contributed by atoms with Gasteiger partial charge in [0.15, 0.2) is 5.16 Å². The lowest BCUT2D eigenvalue weighted by molar-refractivity contribution is -0.118. The van der Waals surface area contributed by atoms with E-state index in [0.29, 0.717) is 34.2 Å². The SMILES string of the molecule is COC[C@H](C)n1c(SCC(=O)NCc2ccccc2Cl)nc2ccccc2c1=O. The fourth-order valence-electron chi connectivity index (χ4n) is 2.95. The summed E-state index contributed by atoms with van der Waals surface area (Å²) >= 11 is 7.35. The fourth-order valence-corrected chi connectivity index (χ4v) is 4.08. The van der Waals surface area contributed by atoms with Gasteiger partial charge in [0.2, 0.25) is 5.91 Å². The molecule has 152 valence electrons. The summed E-state index contributed by atoms with van der Waals surface area (Å²) in [5.41, 5.74) is 1.32. The van der Waals surface area contributed by atoms with E-state index in [1.54, 1.807) is 29.9 Å². The highest BCUT2D eigenvalue weighted by Gasteiger charge is 2.17. The zero-order chi connectivity index (χ0) is 20.8. The number of nitrogens with one attached hydrogen (secondary N) is 1. The Labute approximate surface area is 178 Å². The Kier molecular flexibility index (Phi) is 7.30. The number of rotatable bonds is 8. The van der Waals surface area contributed by atoms with Crippen LogP contribution in [0.4, 0.5) is 0 Å². The second-order valence-electron chi connectivity index (χ2n) is 6.55. The predicted molar refractivity (Wildman–Crippen MR) is 117 cm³/mol. The number of halogens is 1. The molecule has 0 spiro atoms. The third-order valence-corrected chi connectivity index (χ3v) is 5.71. The minimum Gasteiger partial charge on any atom is -0.383 e. The molecule has 0 saturated carbocycles. The Morgan fingerprint density at radius 2 is 1.97 bits per heavy atom. The van der Waals surface area contributed by atoms with Crippen molar-refractivity contribution in [3.63, 3.8) is 0 Å². The monoisotopic (exact) mass is 431 g/mol. The second-order valence-corrected chi connectivity index (χ2v) is 7.90. The molecule has 3 aromatic rings. The maximum absolute atomic E-state index is 13.0. The Bertz CT molecular complexity index is 1070. The summed E-state index contributed by atoms with van der Waals surface area (Å²) in [5, 5.41) is 4.50. The van der Waals surface area contributed by atoms with E-state index in [9.17, 15) is 9.59 Å². The molecule has 8 heteroatoms. The van der Waals surface area contributed by atoms with Crippen molar-refractivity contribution in [2.45, 2.75) is 24.7 Å². The van der Waals surface area contributed by atoms with E-state index in [0.717, 1.165) is 5.56 Å². The maximum atomic E-state index is 13.0. The van der Waals surface area contributed by atoms with Crippen molar-refractivity contribution in [3.05, 3.63) is 69.5 Å². The van der Waals surface area contributed by atoms with Crippen LogP contribution < -0.4 is 10.9 Å². The molecule has 2 aromatic carbocycles. The zero-order valence-electron chi connectivity index (χ0n) is 16.2. The first-order valence-corrected chi connectivity index (χ1v) is 10.5. The molecule has 0 aliphatic rings. The highest BCUT2D eigenvalue weighted by Crippen LogP contribution is 2.21. The number of carbonyl (C=O) groups is 1. The van der Waals surface area contributed by atoms with Crippen molar-refractivity contribution in [1.29, 1.82) is 0 Å². The Morgan fingerprint density at radius 1 is 1.24 bits per heavy atom. The number of nitrogens with zero attached hydrogens (tertiary/aromatic N) is 2. The number of amides is 1. The smallest absolute Gasteiger partial charge is 0.262 e. The number of thioether (sulfide) groups is 1. The topological polar surface area (TPSA) is 73.2 Å². The van der Waals surface area contributed by atoms with Gasteiger partial charge in [0, 0.05) is 18.7 Å². The third kappa shape index (κ3) is 5.18. The van der Waals surface area contributed by atoms with Crippen LogP contribution in [0, 0.1) is 0 Å². The van der Waals surface area contributed by atoms with Crippen LogP contribution in [-0.2, 0) is 16.1 Å². The van der Waals surface area contributed by atoms with E-state index in [4.69, 9.17) is 16.3 Å². The van der Waals surface area contributed by atoms with E-state index in [1.807, 2.05) is 37.3 Å². The number of ether oxygens (including phenoxy) is 1. The first-order valence-electron chi connectivity index (χ1n) is 9.14. The molecule has 0 saturated heterocycles. The van der Waals surface area contributed by atoms with Crippen LogP contribution in [0.1, 0.15) is 18.5 Å². The summed E-state index contributed by atoms with van der Waals surface area (Å²) in [5.74, 6) is -0.0298. The molecular formula is C21H22ClN3O3S. The molecule has 0 bridgehead atoms. The lowest BCUT2D eigenvalue weighted by atomic mass is 10.2. The van der Waals surface area contributed by atoms with Crippen LogP contribution in [0.25, 0.3) is 10.9 Å². The summed E-state index contributed by atoms with van der Waals surface area (Å²) in [6.07, 6.45) is 0. The van der Waals surface area contributed by atoms with E-state index >= 15 is 0 Å². The lowest BCUT2D eigenvalue weighted by Gasteiger charge is -2.18. The van der Waals surface area contributed by atoms with Gasteiger partial charge >= 0.3 is 0 Å². The Morgan fingerprint density at radius 3 is 2.72 bits per heavy atom. The number of aromatic nitrogens is 2. The number of hydrogen-bond acceptors (Lipinski definition) is 5. The second kappa shape index (κ2) is 9.91. The summed E-state index contributed by atoms with van der Waals surface area (Å²) in [6.45, 7) is 2.60. The quantitative estimate of drug-likeness (QED) is 0.435. The van der Waals surface area contributed by atoms with Gasteiger partial charge in [0.05, 0.1) is 29.3 Å². The fraction of sp³-hybridized carbons (Fsp3) is 0.286. The third-order valence-electron chi connectivity index (χ3n) is 4.39.